The van der Waals surface area contributed by atoms with Gasteiger partial charge in [-0.05, 0) is 42.6 Å². The summed E-state index contributed by atoms with van der Waals surface area (Å²) in [6.07, 6.45) is 1.73. The molecule has 1 aliphatic rings. The van der Waals surface area contributed by atoms with Crippen LogP contribution in [0.25, 0.3) is 0 Å². The number of carbonyl (C=O) groups is 2. The maximum absolute atomic E-state index is 14.2. The van der Waals surface area contributed by atoms with Crippen molar-refractivity contribution in [1.29, 1.82) is 0 Å². The maximum atomic E-state index is 14.2. The first-order valence-electron chi connectivity index (χ1n) is 13.7. The minimum Gasteiger partial charge on any atom is -0.407 e. The van der Waals surface area contributed by atoms with Crippen molar-refractivity contribution >= 4 is 35.7 Å². The second kappa shape index (κ2) is 12.7. The fourth-order valence-electron chi connectivity index (χ4n) is 4.63. The molecule has 11 heteroatoms. The van der Waals surface area contributed by atoms with Crippen LogP contribution >= 0.6 is 0 Å². The van der Waals surface area contributed by atoms with Crippen LogP contribution in [0.4, 0.5) is 5.69 Å². The van der Waals surface area contributed by atoms with Gasteiger partial charge >= 0.3 is 0 Å². The van der Waals surface area contributed by atoms with Crippen LogP contribution in [-0.4, -0.2) is 43.8 Å². The molecule has 9 nitrogen and oxygen atoms in total. The molecule has 1 heterocycles. The third kappa shape index (κ3) is 7.24. The van der Waals surface area contributed by atoms with E-state index < -0.39 is 51.9 Å². The number of Topliss-reactive ketones (excluding diaryl/α,β-unsaturated/α-hetero) is 1. The standard InChI is InChI=1S/C29H40N2O7SSi/c1-29(2,3)40(4,5)38-26-21-24(22-15-9-8-10-16-22)30(28(33)20-12-7-6-11-18-25(26)32)39(36,37)27-19-14-13-17-23(27)31(34)35/h8-10,13-17,19,24,26H,6-7,11-12,18,20-21H2,1-5H3/t24-,26-/m1/s1. The zero-order valence-electron chi connectivity index (χ0n) is 24.0. The number of sulfonamides is 1. The molecular formula is C29H40N2O7SSi. The maximum Gasteiger partial charge on any atom is 0.289 e. The van der Waals surface area contributed by atoms with Crippen molar-refractivity contribution < 1.29 is 27.4 Å². The fraction of sp³-hybridized carbons (Fsp3) is 0.517. The summed E-state index contributed by atoms with van der Waals surface area (Å²) in [5.74, 6) is -0.784. The highest BCUT2D eigenvalue weighted by Gasteiger charge is 2.45. The topological polar surface area (TPSA) is 124 Å². The van der Waals surface area contributed by atoms with Crippen molar-refractivity contribution in [3.8, 4) is 0 Å². The highest BCUT2D eigenvalue weighted by atomic mass is 32.2. The number of nitro groups is 1. The van der Waals surface area contributed by atoms with E-state index in [-0.39, 0.29) is 23.7 Å². The first-order valence-corrected chi connectivity index (χ1v) is 18.1. The summed E-state index contributed by atoms with van der Waals surface area (Å²) in [5, 5.41) is 11.6. The minimum atomic E-state index is -4.70. The molecule has 0 aromatic heterocycles. The predicted molar refractivity (Wildman–Crippen MR) is 156 cm³/mol. The van der Waals surface area contributed by atoms with E-state index in [9.17, 15) is 28.1 Å². The van der Waals surface area contributed by atoms with Crippen molar-refractivity contribution in [3.05, 3.63) is 70.3 Å². The van der Waals surface area contributed by atoms with Gasteiger partial charge in [0.25, 0.3) is 15.7 Å². The van der Waals surface area contributed by atoms with Crippen molar-refractivity contribution in [2.24, 2.45) is 0 Å². The molecule has 0 saturated carbocycles. The molecule has 1 amide bonds. The molecular weight excluding hydrogens is 548 g/mol. The zero-order chi connectivity index (χ0) is 29.7. The first kappa shape index (κ1) is 31.6. The zero-order valence-corrected chi connectivity index (χ0v) is 25.8. The molecule has 0 unspecified atom stereocenters. The normalized spacial score (nSPS) is 20.5. The number of nitrogens with zero attached hydrogens (tertiary/aromatic N) is 2. The lowest BCUT2D eigenvalue weighted by molar-refractivity contribution is -0.387. The van der Waals surface area contributed by atoms with E-state index in [1.165, 1.54) is 12.1 Å². The lowest BCUT2D eigenvalue weighted by Crippen LogP contribution is -2.48. The largest absolute Gasteiger partial charge is 0.407 e. The van der Waals surface area contributed by atoms with E-state index in [0.29, 0.717) is 31.2 Å². The number of hydrogen-bond acceptors (Lipinski definition) is 7. The summed E-state index contributed by atoms with van der Waals surface area (Å²) in [5.41, 5.74) is -0.106. The molecule has 2 aromatic carbocycles. The number of nitro benzene ring substituents is 1. The molecule has 0 N–H and O–H groups in total. The van der Waals surface area contributed by atoms with Crippen LogP contribution in [0.15, 0.2) is 59.5 Å². The number of hydrogen-bond donors (Lipinski definition) is 0. The van der Waals surface area contributed by atoms with Gasteiger partial charge in [0.05, 0.1) is 11.0 Å². The van der Waals surface area contributed by atoms with Gasteiger partial charge in [0.15, 0.2) is 19.0 Å². The SMILES string of the molecule is CC(C)(C)[Si](C)(C)O[C@@H]1C[C@H](c2ccccc2)N(S(=O)(=O)c2ccccc2[N+](=O)[O-])C(=O)CCCCCCC1=O. The number of ketones is 1. The van der Waals surface area contributed by atoms with E-state index in [2.05, 4.69) is 20.8 Å². The minimum absolute atomic E-state index is 0.0368. The van der Waals surface area contributed by atoms with Crippen LogP contribution in [0, 0.1) is 10.1 Å². The number of carbonyl (C=O) groups excluding carboxylic acids is 2. The molecule has 0 aliphatic carbocycles. The van der Waals surface area contributed by atoms with Gasteiger partial charge < -0.3 is 4.43 Å². The monoisotopic (exact) mass is 588 g/mol. The summed E-state index contributed by atoms with van der Waals surface area (Å²) in [4.78, 5) is 37.9. The van der Waals surface area contributed by atoms with E-state index in [1.807, 2.05) is 13.1 Å². The average molecular weight is 589 g/mol. The fourth-order valence-corrected chi connectivity index (χ4v) is 7.69. The second-order valence-corrected chi connectivity index (χ2v) is 18.4. The van der Waals surface area contributed by atoms with Gasteiger partial charge in [0.2, 0.25) is 5.91 Å². The van der Waals surface area contributed by atoms with Gasteiger partial charge in [0.1, 0.15) is 6.10 Å². The summed E-state index contributed by atoms with van der Waals surface area (Å²) in [6.45, 7) is 10.2. The van der Waals surface area contributed by atoms with Crippen molar-refractivity contribution in [2.45, 2.75) is 101 Å². The second-order valence-electron chi connectivity index (χ2n) is 11.8. The number of rotatable bonds is 6. The number of amides is 1. The molecule has 3 rings (SSSR count). The Bertz CT molecular complexity index is 1320. The quantitative estimate of drug-likeness (QED) is 0.213. The predicted octanol–water partition coefficient (Wildman–Crippen LogP) is 6.56. The highest BCUT2D eigenvalue weighted by molar-refractivity contribution is 7.89. The van der Waals surface area contributed by atoms with Gasteiger partial charge in [-0.3, -0.25) is 19.7 Å². The lowest BCUT2D eigenvalue weighted by Gasteiger charge is -2.41. The molecule has 2 aromatic rings. The van der Waals surface area contributed by atoms with Gasteiger partial charge in [0, 0.05) is 25.3 Å². The van der Waals surface area contributed by atoms with Gasteiger partial charge in [-0.15, -0.1) is 0 Å². The van der Waals surface area contributed by atoms with Crippen LogP contribution in [0.3, 0.4) is 0 Å². The number of para-hydroxylation sites is 1. The Hall–Kier alpha value is -2.89. The van der Waals surface area contributed by atoms with Crippen LogP contribution in [0.5, 0.6) is 0 Å². The Morgan fingerprint density at radius 3 is 2.10 bits per heavy atom. The Balaban J connectivity index is 2.24. The Kier molecular flexibility index (Phi) is 10.1. The molecule has 1 fully saturated rings. The van der Waals surface area contributed by atoms with E-state index in [1.54, 1.807) is 30.3 Å². The summed E-state index contributed by atoms with van der Waals surface area (Å²) in [7, 11) is -7.19. The molecule has 2 atom stereocenters. The van der Waals surface area contributed by atoms with Crippen LogP contribution < -0.4 is 0 Å². The third-order valence-electron chi connectivity index (χ3n) is 7.92. The smallest absolute Gasteiger partial charge is 0.289 e. The van der Waals surface area contributed by atoms with E-state index >= 15 is 0 Å². The summed E-state index contributed by atoms with van der Waals surface area (Å²) >= 11 is 0. The van der Waals surface area contributed by atoms with Crippen LogP contribution in [-0.2, 0) is 24.0 Å². The van der Waals surface area contributed by atoms with Gasteiger partial charge in [-0.2, -0.15) is 0 Å². The van der Waals surface area contributed by atoms with E-state index in [0.717, 1.165) is 22.9 Å². The Labute approximate surface area is 238 Å². The number of benzene rings is 2. The van der Waals surface area contributed by atoms with Crippen LogP contribution in [0.2, 0.25) is 18.1 Å². The summed E-state index contributed by atoms with van der Waals surface area (Å²) in [6, 6.07) is 12.6. The molecule has 0 spiro atoms. The highest BCUT2D eigenvalue weighted by Crippen LogP contribution is 2.41. The molecule has 1 saturated heterocycles. The molecule has 218 valence electrons. The summed E-state index contributed by atoms with van der Waals surface area (Å²) < 4.78 is 35.9. The first-order chi connectivity index (χ1) is 18.7. The van der Waals surface area contributed by atoms with Crippen LogP contribution in [0.1, 0.15) is 77.3 Å². The Morgan fingerprint density at radius 1 is 0.925 bits per heavy atom. The van der Waals surface area contributed by atoms with Crippen molar-refractivity contribution in [3.63, 3.8) is 0 Å². The van der Waals surface area contributed by atoms with Crippen molar-refractivity contribution in [2.75, 3.05) is 0 Å². The van der Waals surface area contributed by atoms with Crippen molar-refractivity contribution in [1.82, 2.24) is 4.31 Å². The third-order valence-corrected chi connectivity index (χ3v) is 14.3. The molecule has 1 aliphatic heterocycles. The molecule has 0 radical (unpaired) electrons. The van der Waals surface area contributed by atoms with Gasteiger partial charge in [-0.1, -0.05) is 76.1 Å². The molecule has 0 bridgehead atoms. The van der Waals surface area contributed by atoms with E-state index in [4.69, 9.17) is 4.43 Å². The Morgan fingerprint density at radius 2 is 1.50 bits per heavy atom. The van der Waals surface area contributed by atoms with Gasteiger partial charge in [-0.25, -0.2) is 12.7 Å². The average Bonchev–Trinajstić information content (AvgIpc) is 2.88. The lowest BCUT2D eigenvalue weighted by atomic mass is 9.95. The molecule has 40 heavy (non-hydrogen) atoms.